The van der Waals surface area contributed by atoms with E-state index in [1.165, 1.54) is 128 Å². The van der Waals surface area contributed by atoms with Gasteiger partial charge in [-0.3, -0.25) is 0 Å². The maximum Gasteiger partial charge on any atom is 0.252 e. The third kappa shape index (κ3) is 5.56. The van der Waals surface area contributed by atoms with Crippen molar-refractivity contribution in [3.63, 3.8) is 0 Å². The lowest BCUT2D eigenvalue weighted by Crippen LogP contribution is -2.61. The molecule has 0 atom stereocenters. The minimum atomic E-state index is 0.0384. The number of aryl methyl sites for hydroxylation is 2. The van der Waals surface area contributed by atoms with E-state index >= 15 is 0 Å². The first-order chi connectivity index (χ1) is 30.0. The monoisotopic (exact) mass is 836 g/mol. The van der Waals surface area contributed by atoms with Crippen molar-refractivity contribution in [1.29, 1.82) is 0 Å². The first-order valence-corrected chi connectivity index (χ1v) is 24.0. The number of rotatable bonds is 3. The lowest BCUT2D eigenvalue weighted by Gasteiger charge is -2.46. The zero-order valence-electron chi connectivity index (χ0n) is 38.6. The molecule has 312 valence electrons. The van der Waals surface area contributed by atoms with Crippen molar-refractivity contribution in [3.8, 4) is 11.1 Å². The summed E-state index contributed by atoms with van der Waals surface area (Å²) in [5.41, 5.74) is 23.4. The Labute approximate surface area is 378 Å². The normalized spacial score (nSPS) is 18.2. The average molecular weight is 837 g/mol. The number of hydrogen-bond donors (Lipinski definition) is 0. The van der Waals surface area contributed by atoms with Gasteiger partial charge in [0.25, 0.3) is 6.71 Å². The van der Waals surface area contributed by atoms with E-state index in [0.29, 0.717) is 0 Å². The van der Waals surface area contributed by atoms with E-state index in [1.807, 2.05) is 11.3 Å². The quantitative estimate of drug-likeness (QED) is 0.164. The molecule has 2 aliphatic carbocycles. The molecule has 1 aromatic heterocycles. The Morgan fingerprint density at radius 3 is 1.78 bits per heavy atom. The van der Waals surface area contributed by atoms with Crippen molar-refractivity contribution < 1.29 is 0 Å². The van der Waals surface area contributed by atoms with Gasteiger partial charge in [0.2, 0.25) is 0 Å². The predicted octanol–water partition coefficient (Wildman–Crippen LogP) is 14.7. The van der Waals surface area contributed by atoms with Gasteiger partial charge in [-0.15, -0.1) is 11.3 Å². The fourth-order valence-corrected chi connectivity index (χ4v) is 14.0. The second kappa shape index (κ2) is 13.0. The van der Waals surface area contributed by atoms with Crippen molar-refractivity contribution in [2.75, 3.05) is 9.80 Å². The van der Waals surface area contributed by atoms with Gasteiger partial charge in [0.15, 0.2) is 0 Å². The molecule has 0 saturated heterocycles. The van der Waals surface area contributed by atoms with E-state index < -0.39 is 0 Å². The molecule has 8 aromatic rings. The summed E-state index contributed by atoms with van der Waals surface area (Å²) in [6, 6.07) is 49.8. The highest BCUT2D eigenvalue weighted by Gasteiger charge is 2.49. The summed E-state index contributed by atoms with van der Waals surface area (Å²) in [4.78, 5) is 5.36. The summed E-state index contributed by atoms with van der Waals surface area (Å²) in [6.07, 6.45) is 3.51. The molecule has 2 aliphatic heterocycles. The Morgan fingerprint density at radius 1 is 0.460 bits per heavy atom. The number of fused-ring (bicyclic) bond motifs is 9. The van der Waals surface area contributed by atoms with Crippen LogP contribution >= 0.6 is 11.3 Å². The molecule has 2 nitrogen and oxygen atoms in total. The van der Waals surface area contributed by atoms with Gasteiger partial charge in [0, 0.05) is 43.9 Å². The molecule has 0 unspecified atom stereocenters. The number of nitrogens with zero attached hydrogens (tertiary/aromatic N) is 2. The molecule has 4 heteroatoms. The molecule has 4 aliphatic rings. The van der Waals surface area contributed by atoms with E-state index in [9.17, 15) is 0 Å². The molecule has 0 N–H and O–H groups in total. The van der Waals surface area contributed by atoms with Crippen LogP contribution in [0.25, 0.3) is 31.3 Å². The summed E-state index contributed by atoms with van der Waals surface area (Å²) < 4.78 is 2.67. The van der Waals surface area contributed by atoms with Crippen molar-refractivity contribution >= 4 is 88.7 Å². The van der Waals surface area contributed by atoms with E-state index in [-0.39, 0.29) is 28.4 Å². The molecule has 0 fully saturated rings. The third-order valence-electron chi connectivity index (χ3n) is 15.8. The smallest absolute Gasteiger partial charge is 0.252 e. The van der Waals surface area contributed by atoms with E-state index in [0.717, 1.165) is 6.42 Å². The van der Waals surface area contributed by atoms with Crippen LogP contribution in [0.4, 0.5) is 34.1 Å². The lowest BCUT2D eigenvalue weighted by molar-refractivity contribution is 0.332. The Hall–Kier alpha value is -5.58. The molecule has 0 radical (unpaired) electrons. The molecule has 0 saturated carbocycles. The van der Waals surface area contributed by atoms with Crippen LogP contribution in [0.3, 0.4) is 0 Å². The van der Waals surface area contributed by atoms with Crippen molar-refractivity contribution in [1.82, 2.24) is 0 Å². The minimum Gasteiger partial charge on any atom is -0.311 e. The maximum absolute atomic E-state index is 2.69. The van der Waals surface area contributed by atoms with Crippen molar-refractivity contribution in [2.24, 2.45) is 0 Å². The van der Waals surface area contributed by atoms with Crippen LogP contribution in [-0.4, -0.2) is 6.71 Å². The van der Waals surface area contributed by atoms with Crippen LogP contribution in [0, 0.1) is 13.8 Å². The van der Waals surface area contributed by atoms with Gasteiger partial charge in [-0.1, -0.05) is 140 Å². The van der Waals surface area contributed by atoms with Crippen LogP contribution in [0.1, 0.15) is 108 Å². The van der Waals surface area contributed by atoms with Crippen LogP contribution in [-0.2, 0) is 21.7 Å². The number of hydrogen-bond acceptors (Lipinski definition) is 3. The first-order valence-electron chi connectivity index (χ1n) is 23.2. The predicted molar refractivity (Wildman–Crippen MR) is 274 cm³/mol. The molecule has 63 heavy (non-hydrogen) atoms. The Morgan fingerprint density at radius 2 is 1.05 bits per heavy atom. The second-order valence-electron chi connectivity index (χ2n) is 22.1. The third-order valence-corrected chi connectivity index (χ3v) is 17.0. The van der Waals surface area contributed by atoms with Gasteiger partial charge in [-0.2, -0.15) is 0 Å². The number of anilines is 6. The Kier molecular flexibility index (Phi) is 8.06. The fraction of sp³-hybridized carbons (Fsp3) is 0.288. The van der Waals surface area contributed by atoms with Crippen molar-refractivity contribution in [2.45, 2.75) is 110 Å². The van der Waals surface area contributed by atoms with Crippen LogP contribution in [0.2, 0.25) is 0 Å². The van der Waals surface area contributed by atoms with Gasteiger partial charge < -0.3 is 9.80 Å². The number of thiophene rings is 1. The highest BCUT2D eigenvalue weighted by Crippen LogP contribution is 2.55. The molecule has 7 aromatic carbocycles. The largest absolute Gasteiger partial charge is 0.311 e. The molecular weight excluding hydrogens is 780 g/mol. The SMILES string of the molecule is Cc1cc2c3c(c1)N(c1cccc4c1sc1ccccc14)c1cc4c(cc1B3c1cc(-c3ccccc3)ccc1N2c1cc2c(cc1C)C(C)(C)CCC2(C)C)C(C)(C)CC4(C)C. The summed E-state index contributed by atoms with van der Waals surface area (Å²) in [7, 11) is 0. The molecule has 0 spiro atoms. The van der Waals surface area contributed by atoms with Gasteiger partial charge in [0.05, 0.1) is 10.4 Å². The molecule has 12 rings (SSSR count). The topological polar surface area (TPSA) is 6.48 Å². The lowest BCUT2D eigenvalue weighted by atomic mass is 9.33. The maximum atomic E-state index is 2.69. The van der Waals surface area contributed by atoms with Gasteiger partial charge in [0.1, 0.15) is 0 Å². The summed E-state index contributed by atoms with van der Waals surface area (Å²) in [5, 5.41) is 2.66. The summed E-state index contributed by atoms with van der Waals surface area (Å²) in [5.74, 6) is 0. The van der Waals surface area contributed by atoms with Gasteiger partial charge in [-0.25, -0.2) is 0 Å². The fourth-order valence-electron chi connectivity index (χ4n) is 12.8. The summed E-state index contributed by atoms with van der Waals surface area (Å²) in [6.45, 7) is 24.4. The molecule has 0 amide bonds. The van der Waals surface area contributed by atoms with Crippen LogP contribution < -0.4 is 26.2 Å². The minimum absolute atomic E-state index is 0.0384. The van der Waals surface area contributed by atoms with Gasteiger partial charge >= 0.3 is 0 Å². The van der Waals surface area contributed by atoms with Crippen molar-refractivity contribution in [3.05, 3.63) is 161 Å². The van der Waals surface area contributed by atoms with Crippen LogP contribution in [0.5, 0.6) is 0 Å². The zero-order chi connectivity index (χ0) is 43.5. The highest BCUT2D eigenvalue weighted by atomic mass is 32.1. The highest BCUT2D eigenvalue weighted by molar-refractivity contribution is 7.26. The first kappa shape index (κ1) is 39.0. The van der Waals surface area contributed by atoms with Gasteiger partial charge in [-0.05, 0) is 158 Å². The second-order valence-corrected chi connectivity index (χ2v) is 23.1. The number of benzene rings is 7. The summed E-state index contributed by atoms with van der Waals surface area (Å²) >= 11 is 1.93. The van der Waals surface area contributed by atoms with E-state index in [4.69, 9.17) is 0 Å². The molecule has 0 bridgehead atoms. The average Bonchev–Trinajstić information content (AvgIpc) is 3.72. The van der Waals surface area contributed by atoms with E-state index in [2.05, 4.69) is 206 Å². The molecule has 3 heterocycles. The van der Waals surface area contributed by atoms with Crippen LogP contribution in [0.15, 0.2) is 127 Å². The Bertz CT molecular complexity index is 3260. The zero-order valence-corrected chi connectivity index (χ0v) is 39.4. The molecular formula is C59H57BN2S. The van der Waals surface area contributed by atoms with E-state index in [1.54, 1.807) is 0 Å². The Balaban J connectivity index is 1.21. The standard InChI is InChI=1S/C59H57BN2S/c1-35-27-51-54-52(28-35)62(48-21-16-20-40-39-19-14-15-22-53(39)63-55(40)48)50-33-44-42(58(7,8)34-59(44,9)10)31-46(50)60(54)45-30-38(37-17-12-11-13-18-37)23-24-47(45)61(51)49-32-43-41(29-36(49)2)56(3,4)25-26-57(43,5)6/h11-24,27-33H,25-26,34H2,1-10H3.